The van der Waals surface area contributed by atoms with E-state index in [9.17, 15) is 0 Å². The van der Waals surface area contributed by atoms with Gasteiger partial charge in [0.1, 0.15) is 0 Å². The van der Waals surface area contributed by atoms with Crippen molar-refractivity contribution in [2.24, 2.45) is 11.7 Å². The molecule has 0 bridgehead atoms. The van der Waals surface area contributed by atoms with Crippen molar-refractivity contribution in [3.63, 3.8) is 0 Å². The van der Waals surface area contributed by atoms with Crippen LogP contribution in [-0.2, 0) is 0 Å². The first-order valence-corrected chi connectivity index (χ1v) is 5.97. The van der Waals surface area contributed by atoms with Gasteiger partial charge in [0.25, 0.3) is 0 Å². The molecule has 1 fully saturated rings. The van der Waals surface area contributed by atoms with Crippen LogP contribution in [0.3, 0.4) is 0 Å². The Bertz CT molecular complexity index is 310. The van der Waals surface area contributed by atoms with E-state index in [-0.39, 0.29) is 6.04 Å². The molecule has 1 aliphatic carbocycles. The second-order valence-electron chi connectivity index (χ2n) is 4.80. The highest BCUT2D eigenvalue weighted by atomic mass is 15.1. The molecule has 3 heteroatoms. The Morgan fingerprint density at radius 3 is 2.67 bits per heavy atom. The molecule has 0 radical (unpaired) electrons. The highest BCUT2D eigenvalue weighted by Crippen LogP contribution is 2.34. The van der Waals surface area contributed by atoms with Crippen LogP contribution in [-0.4, -0.2) is 9.55 Å². The van der Waals surface area contributed by atoms with Crippen molar-refractivity contribution < 1.29 is 0 Å². The monoisotopic (exact) mass is 207 g/mol. The summed E-state index contributed by atoms with van der Waals surface area (Å²) in [5.41, 5.74) is 7.10. The van der Waals surface area contributed by atoms with E-state index in [1.54, 1.807) is 0 Å². The van der Waals surface area contributed by atoms with E-state index in [0.717, 1.165) is 11.6 Å². The number of nitrogens with two attached hydrogens (primary N) is 1. The van der Waals surface area contributed by atoms with E-state index in [4.69, 9.17) is 5.73 Å². The maximum absolute atomic E-state index is 5.93. The third-order valence-electron chi connectivity index (χ3n) is 3.68. The number of nitrogens with zero attached hydrogens (tertiary/aromatic N) is 2. The molecule has 1 heterocycles. The molecule has 2 atom stereocenters. The molecule has 2 rings (SSSR count). The van der Waals surface area contributed by atoms with Gasteiger partial charge in [0, 0.05) is 18.3 Å². The van der Waals surface area contributed by atoms with Crippen LogP contribution in [0.2, 0.25) is 0 Å². The van der Waals surface area contributed by atoms with Crippen LogP contribution < -0.4 is 5.73 Å². The Morgan fingerprint density at radius 2 is 2.07 bits per heavy atom. The van der Waals surface area contributed by atoms with Crippen LogP contribution in [0.15, 0.2) is 12.5 Å². The van der Waals surface area contributed by atoms with E-state index < -0.39 is 0 Å². The van der Waals surface area contributed by atoms with Gasteiger partial charge in [0.15, 0.2) is 0 Å². The van der Waals surface area contributed by atoms with Gasteiger partial charge in [-0.2, -0.15) is 0 Å². The first-order chi connectivity index (χ1) is 7.20. The fourth-order valence-electron chi connectivity index (χ4n) is 2.67. The fourth-order valence-corrected chi connectivity index (χ4v) is 2.67. The van der Waals surface area contributed by atoms with E-state index in [2.05, 4.69) is 16.5 Å². The van der Waals surface area contributed by atoms with Crippen molar-refractivity contribution >= 4 is 0 Å². The summed E-state index contributed by atoms with van der Waals surface area (Å²) in [4.78, 5) is 4.22. The average Bonchev–Trinajstić information content (AvgIpc) is 2.88. The van der Waals surface area contributed by atoms with Gasteiger partial charge in [0.05, 0.1) is 12.0 Å². The van der Waals surface area contributed by atoms with Crippen LogP contribution in [0.1, 0.15) is 57.3 Å². The van der Waals surface area contributed by atoms with Crippen molar-refractivity contribution in [1.29, 1.82) is 0 Å². The van der Waals surface area contributed by atoms with Crippen molar-refractivity contribution in [2.45, 2.75) is 51.6 Å². The molecule has 84 valence electrons. The molecular formula is C12H21N3. The molecular weight excluding hydrogens is 186 g/mol. The summed E-state index contributed by atoms with van der Waals surface area (Å²) in [5, 5.41) is 0. The molecule has 0 saturated heterocycles. The van der Waals surface area contributed by atoms with Crippen LogP contribution in [0.5, 0.6) is 0 Å². The minimum absolute atomic E-state index is 0.0800. The predicted molar refractivity (Wildman–Crippen MR) is 61.5 cm³/mol. The average molecular weight is 207 g/mol. The molecule has 0 spiro atoms. The van der Waals surface area contributed by atoms with Crippen LogP contribution in [0.4, 0.5) is 0 Å². The van der Waals surface area contributed by atoms with Gasteiger partial charge in [-0.15, -0.1) is 0 Å². The minimum Gasteiger partial charge on any atom is -0.330 e. The second kappa shape index (κ2) is 4.35. The molecule has 1 aliphatic rings. The maximum atomic E-state index is 5.93. The van der Waals surface area contributed by atoms with Crippen molar-refractivity contribution in [3.8, 4) is 0 Å². The maximum Gasteiger partial charge on any atom is 0.0951 e. The lowest BCUT2D eigenvalue weighted by Crippen LogP contribution is -2.19. The zero-order valence-corrected chi connectivity index (χ0v) is 9.69. The van der Waals surface area contributed by atoms with Crippen molar-refractivity contribution in [1.82, 2.24) is 9.55 Å². The lowest BCUT2D eigenvalue weighted by molar-refractivity contribution is 0.350. The molecule has 1 aromatic heterocycles. The Labute approximate surface area is 91.7 Å². The Balaban J connectivity index is 2.16. The number of aromatic nitrogens is 2. The van der Waals surface area contributed by atoms with Gasteiger partial charge in [-0.1, -0.05) is 12.8 Å². The summed E-state index contributed by atoms with van der Waals surface area (Å²) in [6, 6.07) is 0.632. The normalized spacial score (nSPS) is 21.8. The van der Waals surface area contributed by atoms with E-state index in [0.29, 0.717) is 6.04 Å². The summed E-state index contributed by atoms with van der Waals surface area (Å²) in [5.74, 6) is 0.816. The van der Waals surface area contributed by atoms with Gasteiger partial charge >= 0.3 is 0 Å². The summed E-state index contributed by atoms with van der Waals surface area (Å²) in [6.45, 7) is 4.32. The third kappa shape index (κ3) is 2.07. The standard InChI is InChI=1S/C12H21N3/c1-9(13)12-7-14-8-15(12)10(2)11-5-3-4-6-11/h7-11H,3-6,13H2,1-2H3/t9-,10?/m1/s1. The molecule has 1 aromatic rings. The highest BCUT2D eigenvalue weighted by Gasteiger charge is 2.24. The second-order valence-corrected chi connectivity index (χ2v) is 4.80. The Morgan fingerprint density at radius 1 is 1.40 bits per heavy atom. The SMILES string of the molecule is CC(C1CCCC1)n1cncc1[C@@H](C)N. The first-order valence-electron chi connectivity index (χ1n) is 5.97. The van der Waals surface area contributed by atoms with Crippen LogP contribution in [0, 0.1) is 5.92 Å². The largest absolute Gasteiger partial charge is 0.330 e. The third-order valence-corrected chi connectivity index (χ3v) is 3.68. The van der Waals surface area contributed by atoms with Gasteiger partial charge in [-0.05, 0) is 32.6 Å². The minimum atomic E-state index is 0.0800. The Hall–Kier alpha value is -0.830. The van der Waals surface area contributed by atoms with Gasteiger partial charge in [0.2, 0.25) is 0 Å². The zero-order chi connectivity index (χ0) is 10.8. The number of imidazole rings is 1. The zero-order valence-electron chi connectivity index (χ0n) is 9.69. The summed E-state index contributed by atoms with van der Waals surface area (Å²) < 4.78 is 2.26. The number of hydrogen-bond donors (Lipinski definition) is 1. The topological polar surface area (TPSA) is 43.8 Å². The Kier molecular flexibility index (Phi) is 3.10. The summed E-state index contributed by atoms with van der Waals surface area (Å²) in [7, 11) is 0. The predicted octanol–water partition coefficient (Wildman–Crippen LogP) is 2.65. The molecule has 0 aliphatic heterocycles. The van der Waals surface area contributed by atoms with E-state index in [1.807, 2.05) is 19.4 Å². The van der Waals surface area contributed by atoms with Gasteiger partial charge < -0.3 is 10.3 Å². The van der Waals surface area contributed by atoms with Crippen LogP contribution in [0.25, 0.3) is 0 Å². The van der Waals surface area contributed by atoms with E-state index in [1.165, 1.54) is 25.7 Å². The van der Waals surface area contributed by atoms with Gasteiger partial charge in [-0.3, -0.25) is 0 Å². The van der Waals surface area contributed by atoms with E-state index >= 15 is 0 Å². The van der Waals surface area contributed by atoms with Gasteiger partial charge in [-0.25, -0.2) is 4.98 Å². The number of hydrogen-bond acceptors (Lipinski definition) is 2. The quantitative estimate of drug-likeness (QED) is 0.828. The van der Waals surface area contributed by atoms with Crippen molar-refractivity contribution in [2.75, 3.05) is 0 Å². The molecule has 1 unspecified atom stereocenters. The smallest absolute Gasteiger partial charge is 0.0951 e. The molecule has 2 N–H and O–H groups in total. The molecule has 15 heavy (non-hydrogen) atoms. The highest BCUT2D eigenvalue weighted by molar-refractivity contribution is 5.05. The molecule has 0 amide bonds. The first kappa shape index (κ1) is 10.7. The van der Waals surface area contributed by atoms with Crippen LogP contribution >= 0.6 is 0 Å². The number of rotatable bonds is 3. The van der Waals surface area contributed by atoms with Crippen molar-refractivity contribution in [3.05, 3.63) is 18.2 Å². The molecule has 0 aromatic carbocycles. The fraction of sp³-hybridized carbons (Fsp3) is 0.750. The molecule has 1 saturated carbocycles. The summed E-state index contributed by atoms with van der Waals surface area (Å²) in [6.07, 6.45) is 9.32. The lowest BCUT2D eigenvalue weighted by atomic mass is 9.99. The summed E-state index contributed by atoms with van der Waals surface area (Å²) >= 11 is 0. The molecule has 3 nitrogen and oxygen atoms in total. The lowest BCUT2D eigenvalue weighted by Gasteiger charge is -2.23.